The maximum Gasteiger partial charge on any atom is 0.573 e. The summed E-state index contributed by atoms with van der Waals surface area (Å²) >= 11 is 0. The maximum absolute atomic E-state index is 12.3. The van der Waals surface area contributed by atoms with Gasteiger partial charge in [-0.1, -0.05) is 30.3 Å². The Balaban J connectivity index is 0.00000176. The van der Waals surface area contributed by atoms with Crippen LogP contribution >= 0.6 is 12.4 Å². The molecule has 0 radical (unpaired) electrons. The highest BCUT2D eigenvalue weighted by Gasteiger charge is 2.39. The van der Waals surface area contributed by atoms with Crippen LogP contribution in [-0.4, -0.2) is 6.36 Å². The van der Waals surface area contributed by atoms with Gasteiger partial charge in [-0.2, -0.15) is 0 Å². The second-order valence-corrected chi connectivity index (χ2v) is 5.31. The van der Waals surface area contributed by atoms with E-state index in [-0.39, 0.29) is 23.7 Å². The predicted molar refractivity (Wildman–Crippen MR) is 80.9 cm³/mol. The third-order valence-corrected chi connectivity index (χ3v) is 3.63. The molecule has 0 aliphatic heterocycles. The molecule has 2 N–H and O–H groups in total. The number of halogens is 4. The third kappa shape index (κ3) is 3.72. The van der Waals surface area contributed by atoms with Crippen LogP contribution in [0.3, 0.4) is 0 Å². The van der Waals surface area contributed by atoms with E-state index in [4.69, 9.17) is 5.73 Å². The first-order chi connectivity index (χ1) is 9.86. The SMILES string of the molecule is Cl.NC1(c2cccc(-c3cccc(OC(F)(F)F)c3)c2)CC1. The van der Waals surface area contributed by atoms with E-state index in [0.717, 1.165) is 24.0 Å². The Morgan fingerprint density at radius 3 is 2.14 bits per heavy atom. The lowest BCUT2D eigenvalue weighted by Gasteiger charge is -2.13. The fraction of sp³-hybridized carbons (Fsp3) is 0.250. The van der Waals surface area contributed by atoms with Gasteiger partial charge in [0, 0.05) is 5.54 Å². The third-order valence-electron chi connectivity index (χ3n) is 3.63. The van der Waals surface area contributed by atoms with Crippen LogP contribution in [0.4, 0.5) is 13.2 Å². The molecule has 0 amide bonds. The van der Waals surface area contributed by atoms with E-state index in [0.29, 0.717) is 5.56 Å². The summed E-state index contributed by atoms with van der Waals surface area (Å²) in [6.07, 6.45) is -2.81. The van der Waals surface area contributed by atoms with E-state index in [2.05, 4.69) is 4.74 Å². The molecule has 1 aliphatic carbocycles. The lowest BCUT2D eigenvalue weighted by molar-refractivity contribution is -0.274. The van der Waals surface area contributed by atoms with Gasteiger partial charge in [0.15, 0.2) is 0 Å². The van der Waals surface area contributed by atoms with Gasteiger partial charge in [0.1, 0.15) is 5.75 Å². The van der Waals surface area contributed by atoms with Crippen LogP contribution < -0.4 is 10.5 Å². The minimum absolute atomic E-state index is 0. The van der Waals surface area contributed by atoms with E-state index in [1.54, 1.807) is 12.1 Å². The zero-order chi connectivity index (χ0) is 15.1. The van der Waals surface area contributed by atoms with E-state index in [9.17, 15) is 13.2 Å². The molecule has 0 bridgehead atoms. The normalized spacial score (nSPS) is 15.8. The number of hydrogen-bond acceptors (Lipinski definition) is 2. The molecule has 1 saturated carbocycles. The lowest BCUT2D eigenvalue weighted by Crippen LogP contribution is -2.18. The van der Waals surface area contributed by atoms with Gasteiger partial charge in [0.2, 0.25) is 0 Å². The Labute approximate surface area is 132 Å². The molecule has 1 fully saturated rings. The number of ether oxygens (including phenoxy) is 1. The summed E-state index contributed by atoms with van der Waals surface area (Å²) in [6.45, 7) is 0. The number of rotatable bonds is 3. The second kappa shape index (κ2) is 5.82. The van der Waals surface area contributed by atoms with Crippen molar-refractivity contribution in [3.8, 4) is 16.9 Å². The Morgan fingerprint density at radius 2 is 1.55 bits per heavy atom. The molecule has 2 aromatic carbocycles. The topological polar surface area (TPSA) is 35.2 Å². The van der Waals surface area contributed by atoms with Gasteiger partial charge < -0.3 is 10.5 Å². The molecule has 0 heterocycles. The predicted octanol–water partition coefficient (Wildman–Crippen LogP) is 4.62. The van der Waals surface area contributed by atoms with Gasteiger partial charge in [-0.3, -0.25) is 0 Å². The molecular weight excluding hydrogens is 315 g/mol. The molecule has 22 heavy (non-hydrogen) atoms. The average molecular weight is 330 g/mol. The van der Waals surface area contributed by atoms with Gasteiger partial charge in [-0.25, -0.2) is 0 Å². The van der Waals surface area contributed by atoms with Crippen LogP contribution in [0, 0.1) is 0 Å². The molecule has 0 unspecified atom stereocenters. The largest absolute Gasteiger partial charge is 0.573 e. The molecule has 118 valence electrons. The number of benzene rings is 2. The van der Waals surface area contributed by atoms with Gasteiger partial charge in [0.05, 0.1) is 0 Å². The molecular formula is C16H15ClF3NO. The zero-order valence-corrected chi connectivity index (χ0v) is 12.4. The maximum atomic E-state index is 12.3. The molecule has 6 heteroatoms. The number of nitrogens with two attached hydrogens (primary N) is 1. The van der Waals surface area contributed by atoms with Crippen LogP contribution in [0.25, 0.3) is 11.1 Å². The average Bonchev–Trinajstić information content (AvgIpc) is 3.17. The Kier molecular flexibility index (Phi) is 4.40. The molecule has 1 aliphatic rings. The van der Waals surface area contributed by atoms with Gasteiger partial charge in [-0.15, -0.1) is 25.6 Å². The molecule has 0 saturated heterocycles. The highest BCUT2D eigenvalue weighted by Crippen LogP contribution is 2.43. The van der Waals surface area contributed by atoms with Crippen LogP contribution in [0.1, 0.15) is 18.4 Å². The van der Waals surface area contributed by atoms with Crippen molar-refractivity contribution in [2.45, 2.75) is 24.7 Å². The van der Waals surface area contributed by atoms with E-state index >= 15 is 0 Å². The van der Waals surface area contributed by atoms with Crippen molar-refractivity contribution < 1.29 is 17.9 Å². The standard InChI is InChI=1S/C16H14F3NO.ClH/c17-16(18,19)21-14-6-2-4-12(10-14)11-3-1-5-13(9-11)15(20)7-8-15;/h1-6,9-10H,7-8,20H2;1H. The fourth-order valence-corrected chi connectivity index (χ4v) is 2.30. The van der Waals surface area contributed by atoms with Crippen molar-refractivity contribution in [1.29, 1.82) is 0 Å². The minimum atomic E-state index is -4.68. The zero-order valence-electron chi connectivity index (χ0n) is 11.6. The van der Waals surface area contributed by atoms with Crippen molar-refractivity contribution in [2.75, 3.05) is 0 Å². The fourth-order valence-electron chi connectivity index (χ4n) is 2.30. The van der Waals surface area contributed by atoms with Crippen LogP contribution in [0.2, 0.25) is 0 Å². The molecule has 2 nitrogen and oxygen atoms in total. The second-order valence-electron chi connectivity index (χ2n) is 5.31. The first kappa shape index (κ1) is 16.6. The highest BCUT2D eigenvalue weighted by atomic mass is 35.5. The van der Waals surface area contributed by atoms with Crippen molar-refractivity contribution in [2.24, 2.45) is 5.73 Å². The van der Waals surface area contributed by atoms with Gasteiger partial charge in [-0.05, 0) is 47.7 Å². The quantitative estimate of drug-likeness (QED) is 0.891. The van der Waals surface area contributed by atoms with Gasteiger partial charge >= 0.3 is 6.36 Å². The summed E-state index contributed by atoms with van der Waals surface area (Å²) in [4.78, 5) is 0. The van der Waals surface area contributed by atoms with E-state index in [1.807, 2.05) is 24.3 Å². The van der Waals surface area contributed by atoms with Crippen molar-refractivity contribution in [3.05, 3.63) is 54.1 Å². The Hall–Kier alpha value is -1.72. The molecule has 0 atom stereocenters. The summed E-state index contributed by atoms with van der Waals surface area (Å²) in [5.41, 5.74) is 8.40. The number of hydrogen-bond donors (Lipinski definition) is 1. The van der Waals surface area contributed by atoms with Crippen LogP contribution in [0.5, 0.6) is 5.75 Å². The van der Waals surface area contributed by atoms with Crippen molar-refractivity contribution in [3.63, 3.8) is 0 Å². The monoisotopic (exact) mass is 329 g/mol. The van der Waals surface area contributed by atoms with E-state index in [1.165, 1.54) is 12.1 Å². The summed E-state index contributed by atoms with van der Waals surface area (Å²) in [6, 6.07) is 13.6. The Bertz CT molecular complexity index is 668. The molecule has 2 aromatic rings. The number of alkyl halides is 3. The van der Waals surface area contributed by atoms with Crippen LogP contribution in [-0.2, 0) is 5.54 Å². The first-order valence-electron chi connectivity index (χ1n) is 6.61. The molecule has 0 spiro atoms. The Morgan fingerprint density at radius 1 is 0.955 bits per heavy atom. The van der Waals surface area contributed by atoms with Crippen molar-refractivity contribution in [1.82, 2.24) is 0 Å². The minimum Gasteiger partial charge on any atom is -0.406 e. The van der Waals surface area contributed by atoms with E-state index < -0.39 is 6.36 Å². The highest BCUT2D eigenvalue weighted by molar-refractivity contribution is 5.85. The first-order valence-corrected chi connectivity index (χ1v) is 6.61. The summed E-state index contributed by atoms with van der Waals surface area (Å²) in [5, 5.41) is 0. The van der Waals surface area contributed by atoms with Gasteiger partial charge in [0.25, 0.3) is 0 Å². The lowest BCUT2D eigenvalue weighted by atomic mass is 9.98. The summed E-state index contributed by atoms with van der Waals surface area (Å²) in [7, 11) is 0. The summed E-state index contributed by atoms with van der Waals surface area (Å²) < 4.78 is 40.7. The molecule has 3 rings (SSSR count). The molecule has 0 aromatic heterocycles. The van der Waals surface area contributed by atoms with Crippen LogP contribution in [0.15, 0.2) is 48.5 Å². The van der Waals surface area contributed by atoms with Crippen molar-refractivity contribution >= 4 is 12.4 Å². The smallest absolute Gasteiger partial charge is 0.406 e. The summed E-state index contributed by atoms with van der Waals surface area (Å²) in [5.74, 6) is -0.223.